The molecule has 3 nitrogen and oxygen atoms in total. The van der Waals surface area contributed by atoms with Crippen LogP contribution in [0.3, 0.4) is 0 Å². The molecule has 0 spiro atoms. The zero-order valence-corrected chi connectivity index (χ0v) is 12.5. The first-order valence-corrected chi connectivity index (χ1v) is 8.93. The Bertz CT molecular complexity index is 346. The summed E-state index contributed by atoms with van der Waals surface area (Å²) in [4.78, 5) is 13.8. The lowest BCUT2D eigenvalue weighted by Crippen LogP contribution is -2.58. The summed E-state index contributed by atoms with van der Waals surface area (Å²) in [6.07, 6.45) is 14.9. The molecule has 0 aromatic carbocycles. The number of piperidine rings is 2. The molecule has 0 radical (unpaired) electrons. The van der Waals surface area contributed by atoms with Gasteiger partial charge in [0.25, 0.3) is 0 Å². The zero-order valence-electron chi connectivity index (χ0n) is 12.5. The van der Waals surface area contributed by atoms with Crippen molar-refractivity contribution in [2.24, 2.45) is 17.0 Å². The normalized spacial score (nSPS) is 48.8. The fraction of sp³-hybridized carbons (Fsp3) is 1.00. The van der Waals surface area contributed by atoms with Gasteiger partial charge in [0.05, 0.1) is 6.04 Å². The molecule has 4 rings (SSSR count). The van der Waals surface area contributed by atoms with Crippen molar-refractivity contribution in [1.29, 1.82) is 0 Å². The average molecular weight is 276 g/mol. The Hall–Kier alpha value is -0.440. The van der Waals surface area contributed by atoms with Gasteiger partial charge in [-0.1, -0.05) is 30.9 Å². The molecule has 2 aliphatic carbocycles. The summed E-state index contributed by atoms with van der Waals surface area (Å²) >= 11 is 0. The minimum Gasteiger partial charge on any atom is -0.294 e. The molecular formula is C17H28N2O. The summed E-state index contributed by atoms with van der Waals surface area (Å²) in [7, 11) is 0. The van der Waals surface area contributed by atoms with E-state index in [0.29, 0.717) is 12.1 Å². The van der Waals surface area contributed by atoms with Gasteiger partial charge in [-0.05, 0) is 56.8 Å². The number of hydrogen-bond donors (Lipinski definition) is 0. The van der Waals surface area contributed by atoms with Gasteiger partial charge < -0.3 is 0 Å². The van der Waals surface area contributed by atoms with Crippen LogP contribution in [0.5, 0.6) is 0 Å². The van der Waals surface area contributed by atoms with E-state index in [1.54, 1.807) is 0 Å². The molecule has 4 bridgehead atoms. The van der Waals surface area contributed by atoms with E-state index in [-0.39, 0.29) is 6.04 Å². The quantitative estimate of drug-likeness (QED) is 0.711. The van der Waals surface area contributed by atoms with Crippen LogP contribution in [-0.4, -0.2) is 29.1 Å². The molecule has 4 fully saturated rings. The molecule has 2 unspecified atom stereocenters. The first kappa shape index (κ1) is 13.2. The third-order valence-electron chi connectivity index (χ3n) is 6.68. The highest BCUT2D eigenvalue weighted by Gasteiger charge is 2.44. The van der Waals surface area contributed by atoms with Crippen molar-refractivity contribution < 1.29 is 0 Å². The molecule has 6 atom stereocenters. The molecule has 2 aliphatic heterocycles. The van der Waals surface area contributed by atoms with Gasteiger partial charge >= 0.3 is 0 Å². The van der Waals surface area contributed by atoms with E-state index in [4.69, 9.17) is 0 Å². The largest absolute Gasteiger partial charge is 0.294 e. The van der Waals surface area contributed by atoms with Gasteiger partial charge in [0.2, 0.25) is 0 Å². The predicted octanol–water partition coefficient (Wildman–Crippen LogP) is 4.11. The fourth-order valence-electron chi connectivity index (χ4n) is 6.01. The maximum Gasteiger partial charge on any atom is 0.0949 e. The Kier molecular flexibility index (Phi) is 3.57. The first-order chi connectivity index (χ1) is 9.83. The lowest BCUT2D eigenvalue weighted by atomic mass is 9.68. The number of fused-ring (bicyclic) bond motifs is 4. The molecule has 0 amide bonds. The van der Waals surface area contributed by atoms with Crippen molar-refractivity contribution in [3.05, 3.63) is 4.91 Å². The van der Waals surface area contributed by atoms with Crippen molar-refractivity contribution >= 4 is 0 Å². The summed E-state index contributed by atoms with van der Waals surface area (Å²) in [6, 6.07) is 2.30. The van der Waals surface area contributed by atoms with Crippen LogP contribution in [0.2, 0.25) is 0 Å². The van der Waals surface area contributed by atoms with Gasteiger partial charge in [-0.2, -0.15) is 4.91 Å². The van der Waals surface area contributed by atoms with E-state index in [9.17, 15) is 4.91 Å². The Morgan fingerprint density at radius 2 is 1.30 bits per heavy atom. The van der Waals surface area contributed by atoms with Gasteiger partial charge in [-0.15, -0.1) is 0 Å². The topological polar surface area (TPSA) is 32.7 Å². The number of rotatable bonds is 2. The molecule has 3 heteroatoms. The molecule has 2 saturated heterocycles. The highest BCUT2D eigenvalue weighted by Crippen LogP contribution is 2.45. The van der Waals surface area contributed by atoms with Crippen molar-refractivity contribution in [1.82, 2.24) is 4.90 Å². The Morgan fingerprint density at radius 3 is 1.90 bits per heavy atom. The maximum atomic E-state index is 11.0. The van der Waals surface area contributed by atoms with Crippen molar-refractivity contribution in [3.8, 4) is 0 Å². The van der Waals surface area contributed by atoms with Crippen LogP contribution < -0.4 is 0 Å². The fourth-order valence-corrected chi connectivity index (χ4v) is 6.01. The lowest BCUT2D eigenvalue weighted by Gasteiger charge is -2.54. The Morgan fingerprint density at radius 1 is 0.700 bits per heavy atom. The summed E-state index contributed by atoms with van der Waals surface area (Å²) in [6.45, 7) is 0. The van der Waals surface area contributed by atoms with Crippen LogP contribution >= 0.6 is 0 Å². The third kappa shape index (κ3) is 2.32. The maximum absolute atomic E-state index is 11.0. The van der Waals surface area contributed by atoms with E-state index in [0.717, 1.165) is 30.7 Å². The van der Waals surface area contributed by atoms with Crippen LogP contribution in [0.15, 0.2) is 5.18 Å². The van der Waals surface area contributed by atoms with Crippen LogP contribution in [0.4, 0.5) is 0 Å². The minimum absolute atomic E-state index is 0.115. The number of hydrogen-bond acceptors (Lipinski definition) is 3. The zero-order chi connectivity index (χ0) is 13.5. The Labute approximate surface area is 122 Å². The molecule has 0 aromatic rings. The number of nitroso groups, excluding NO2 is 1. The first-order valence-electron chi connectivity index (χ1n) is 8.93. The second kappa shape index (κ2) is 5.40. The standard InChI is InChI=1S/C17H28N2O/c20-18-14-10-15-5-2-6-16(11-14)19(15)17-8-12-3-1-4-13(7-12)9-17/h12-17H,1-11H2/t12-,13+,14?,15-,16+,17?. The predicted molar refractivity (Wildman–Crippen MR) is 80.6 cm³/mol. The summed E-state index contributed by atoms with van der Waals surface area (Å²) < 4.78 is 0. The molecule has 112 valence electrons. The van der Waals surface area contributed by atoms with Crippen molar-refractivity contribution in [3.63, 3.8) is 0 Å². The minimum atomic E-state index is 0.115. The smallest absolute Gasteiger partial charge is 0.0949 e. The summed E-state index contributed by atoms with van der Waals surface area (Å²) in [5.74, 6) is 2.02. The monoisotopic (exact) mass is 276 g/mol. The van der Waals surface area contributed by atoms with E-state index >= 15 is 0 Å². The highest BCUT2D eigenvalue weighted by atomic mass is 16.3. The van der Waals surface area contributed by atoms with Gasteiger partial charge in [0.15, 0.2) is 0 Å². The van der Waals surface area contributed by atoms with E-state index in [2.05, 4.69) is 10.1 Å². The highest BCUT2D eigenvalue weighted by molar-refractivity contribution is 5.00. The van der Waals surface area contributed by atoms with Crippen LogP contribution in [0.25, 0.3) is 0 Å². The van der Waals surface area contributed by atoms with Crippen LogP contribution in [-0.2, 0) is 0 Å². The van der Waals surface area contributed by atoms with Crippen molar-refractivity contribution in [2.45, 2.75) is 94.8 Å². The van der Waals surface area contributed by atoms with E-state index in [1.165, 1.54) is 57.8 Å². The molecule has 2 heterocycles. The second-order valence-electron chi connectivity index (χ2n) is 7.94. The van der Waals surface area contributed by atoms with Gasteiger partial charge in [-0.3, -0.25) is 4.90 Å². The molecule has 2 saturated carbocycles. The van der Waals surface area contributed by atoms with Crippen LogP contribution in [0.1, 0.15) is 70.6 Å². The third-order valence-corrected chi connectivity index (χ3v) is 6.68. The molecule has 0 N–H and O–H groups in total. The van der Waals surface area contributed by atoms with Crippen molar-refractivity contribution in [2.75, 3.05) is 0 Å². The van der Waals surface area contributed by atoms with E-state index in [1.807, 2.05) is 0 Å². The molecular weight excluding hydrogens is 248 g/mol. The van der Waals surface area contributed by atoms with E-state index < -0.39 is 0 Å². The second-order valence-corrected chi connectivity index (χ2v) is 7.94. The SMILES string of the molecule is O=NC1C[C@H]2CCC[C@@H](C1)N2C1C[C@H]2CCC[C@@H](C1)C2. The summed E-state index contributed by atoms with van der Waals surface area (Å²) in [5.41, 5.74) is 0. The lowest BCUT2D eigenvalue weighted by molar-refractivity contribution is -0.0400. The van der Waals surface area contributed by atoms with Gasteiger partial charge in [0.1, 0.15) is 0 Å². The van der Waals surface area contributed by atoms with Gasteiger partial charge in [0, 0.05) is 18.1 Å². The summed E-state index contributed by atoms with van der Waals surface area (Å²) in [5, 5.41) is 3.39. The van der Waals surface area contributed by atoms with Crippen LogP contribution in [0, 0.1) is 16.7 Å². The Balaban J connectivity index is 1.51. The van der Waals surface area contributed by atoms with Gasteiger partial charge in [-0.25, -0.2) is 0 Å². The molecule has 20 heavy (non-hydrogen) atoms. The molecule has 0 aromatic heterocycles. The average Bonchev–Trinajstić information content (AvgIpc) is 2.45. The molecule has 4 aliphatic rings. The number of nitrogens with zero attached hydrogens (tertiary/aromatic N) is 2.